The molecule has 61 heavy (non-hydrogen) atoms. The molecule has 11 aromatic carbocycles. The number of rotatable bonds is 5. The molecule has 0 bridgehead atoms. The maximum absolute atomic E-state index is 5.32. The van der Waals surface area contributed by atoms with Gasteiger partial charge in [-0.15, -0.1) is 11.3 Å². The summed E-state index contributed by atoms with van der Waals surface area (Å²) in [6, 6.07) is 72.2. The van der Waals surface area contributed by atoms with E-state index in [4.69, 9.17) is 15.0 Å². The Morgan fingerprint density at radius 1 is 0.279 bits per heavy atom. The maximum atomic E-state index is 5.32. The molecule has 0 fully saturated rings. The first-order valence-electron chi connectivity index (χ1n) is 20.7. The molecule has 13 rings (SSSR count). The fourth-order valence-electron chi connectivity index (χ4n) is 9.57. The summed E-state index contributed by atoms with van der Waals surface area (Å²) in [6.45, 7) is 0. The van der Waals surface area contributed by atoms with Crippen molar-refractivity contribution in [2.24, 2.45) is 0 Å². The molecule has 0 aliphatic carbocycles. The third-order valence-corrected chi connectivity index (χ3v) is 13.7. The Bertz CT molecular complexity index is 3870. The van der Waals surface area contributed by atoms with Gasteiger partial charge in [0.15, 0.2) is 17.5 Å². The molecule has 13 aromatic rings. The number of nitrogens with zero attached hydrogens (tertiary/aromatic N) is 3. The van der Waals surface area contributed by atoms with E-state index in [1.54, 1.807) is 11.3 Å². The van der Waals surface area contributed by atoms with Gasteiger partial charge in [-0.25, -0.2) is 15.0 Å². The van der Waals surface area contributed by atoms with Crippen LogP contribution >= 0.6 is 11.3 Å². The predicted molar refractivity (Wildman–Crippen MR) is 259 cm³/mol. The minimum Gasteiger partial charge on any atom is -0.208 e. The zero-order valence-electron chi connectivity index (χ0n) is 32.8. The van der Waals surface area contributed by atoms with E-state index in [-0.39, 0.29) is 0 Å². The van der Waals surface area contributed by atoms with Crippen molar-refractivity contribution < 1.29 is 0 Å². The maximum Gasteiger partial charge on any atom is 0.165 e. The number of hydrogen-bond acceptors (Lipinski definition) is 4. The van der Waals surface area contributed by atoms with Crippen LogP contribution in [0, 0.1) is 0 Å². The van der Waals surface area contributed by atoms with Gasteiger partial charge in [0.2, 0.25) is 0 Å². The quantitative estimate of drug-likeness (QED) is 0.163. The van der Waals surface area contributed by atoms with Crippen LogP contribution in [-0.4, -0.2) is 15.0 Å². The second kappa shape index (κ2) is 13.4. The molecule has 3 nitrogen and oxygen atoms in total. The van der Waals surface area contributed by atoms with Crippen molar-refractivity contribution in [1.82, 2.24) is 15.0 Å². The van der Waals surface area contributed by atoms with Crippen LogP contribution in [0.25, 0.3) is 130 Å². The first kappa shape index (κ1) is 34.1. The van der Waals surface area contributed by atoms with Crippen LogP contribution in [0.4, 0.5) is 0 Å². The number of benzene rings is 11. The second-order valence-electron chi connectivity index (χ2n) is 15.9. The van der Waals surface area contributed by atoms with Crippen molar-refractivity contribution >= 4 is 85.4 Å². The number of aromatic nitrogens is 3. The summed E-state index contributed by atoms with van der Waals surface area (Å²) in [6.07, 6.45) is 0. The summed E-state index contributed by atoms with van der Waals surface area (Å²) >= 11 is 1.79. The van der Waals surface area contributed by atoms with Gasteiger partial charge in [0.25, 0.3) is 0 Å². The monoisotopic (exact) mass is 791 g/mol. The molecule has 0 unspecified atom stereocenters. The van der Waals surface area contributed by atoms with Gasteiger partial charge >= 0.3 is 0 Å². The highest BCUT2D eigenvalue weighted by atomic mass is 32.1. The van der Waals surface area contributed by atoms with Gasteiger partial charge in [-0.1, -0.05) is 170 Å². The molecule has 0 atom stereocenters. The Morgan fingerprint density at radius 2 is 0.820 bits per heavy atom. The highest BCUT2D eigenvalue weighted by Gasteiger charge is 2.19. The third kappa shape index (κ3) is 5.39. The van der Waals surface area contributed by atoms with Gasteiger partial charge < -0.3 is 0 Å². The molecule has 4 heteroatoms. The van der Waals surface area contributed by atoms with Crippen LogP contribution in [0.2, 0.25) is 0 Å². The Morgan fingerprint density at radius 3 is 1.64 bits per heavy atom. The van der Waals surface area contributed by atoms with Crippen LogP contribution in [0.3, 0.4) is 0 Å². The summed E-state index contributed by atoms with van der Waals surface area (Å²) in [4.78, 5) is 15.9. The number of fused-ring (bicyclic) bond motifs is 5. The van der Waals surface area contributed by atoms with Gasteiger partial charge in [-0.3, -0.25) is 0 Å². The summed E-state index contributed by atoms with van der Waals surface area (Å²) in [5.41, 5.74) is 7.73. The van der Waals surface area contributed by atoms with Gasteiger partial charge in [0, 0.05) is 36.9 Å². The lowest BCUT2D eigenvalue weighted by atomic mass is 9.89. The van der Waals surface area contributed by atoms with E-state index in [9.17, 15) is 0 Å². The minimum atomic E-state index is 0.645. The van der Waals surface area contributed by atoms with Crippen LogP contribution < -0.4 is 0 Å². The molecule has 0 N–H and O–H groups in total. The zero-order valence-corrected chi connectivity index (χ0v) is 33.6. The Kier molecular flexibility index (Phi) is 7.47. The van der Waals surface area contributed by atoms with Crippen molar-refractivity contribution in [3.63, 3.8) is 0 Å². The molecule has 0 saturated heterocycles. The lowest BCUT2D eigenvalue weighted by molar-refractivity contribution is 1.08. The van der Waals surface area contributed by atoms with Gasteiger partial charge in [-0.2, -0.15) is 0 Å². The lowest BCUT2D eigenvalue weighted by Gasteiger charge is -2.15. The largest absolute Gasteiger partial charge is 0.208 e. The van der Waals surface area contributed by atoms with Gasteiger partial charge in [-0.05, 0) is 106 Å². The van der Waals surface area contributed by atoms with Crippen molar-refractivity contribution in [1.29, 1.82) is 0 Å². The molecule has 0 aliphatic rings. The molecule has 0 radical (unpaired) electrons. The number of thiophene rings is 1. The zero-order chi connectivity index (χ0) is 40.0. The summed E-state index contributed by atoms with van der Waals surface area (Å²) in [7, 11) is 0. The molecule has 0 spiro atoms. The topological polar surface area (TPSA) is 38.7 Å². The Hall–Kier alpha value is -7.79. The van der Waals surface area contributed by atoms with Crippen molar-refractivity contribution in [3.05, 3.63) is 200 Å². The predicted octanol–water partition coefficient (Wildman–Crippen LogP) is 15.8. The van der Waals surface area contributed by atoms with E-state index >= 15 is 0 Å². The van der Waals surface area contributed by atoms with Crippen molar-refractivity contribution in [2.45, 2.75) is 0 Å². The lowest BCUT2D eigenvalue weighted by Crippen LogP contribution is -2.01. The van der Waals surface area contributed by atoms with Crippen molar-refractivity contribution in [2.75, 3.05) is 0 Å². The minimum absolute atomic E-state index is 0.645. The van der Waals surface area contributed by atoms with Crippen LogP contribution in [0.5, 0.6) is 0 Å². The average molecular weight is 792 g/mol. The smallest absolute Gasteiger partial charge is 0.165 e. The van der Waals surface area contributed by atoms with Crippen LogP contribution in [0.15, 0.2) is 200 Å². The molecular weight excluding hydrogens is 759 g/mol. The molecule has 0 amide bonds. The second-order valence-corrected chi connectivity index (χ2v) is 17.0. The highest BCUT2D eigenvalue weighted by Crippen LogP contribution is 2.43. The summed E-state index contributed by atoms with van der Waals surface area (Å²) in [5, 5.41) is 14.8. The highest BCUT2D eigenvalue weighted by molar-refractivity contribution is 7.26. The standard InChI is InChI=1S/C57H33N3S/c1-2-10-34(11-3-1)42-30-31-49(45-15-5-4-14-44(42)45)56-58-55(59-57(60-56)50-18-9-17-48-46-16-6-7-19-51(46)61-54(48)50)41-25-23-38-32-40(24-22-39(38)33-41)43-28-26-37-21-20-35-12-8-13-36-27-29-47(43)53(37)52(35)36/h1-33H. The molecule has 2 aromatic heterocycles. The fraction of sp³-hybridized carbons (Fsp3) is 0. The average Bonchev–Trinajstić information content (AvgIpc) is 3.72. The molecular formula is C57H33N3S. The molecule has 0 saturated carbocycles. The van der Waals surface area contributed by atoms with Crippen LogP contribution in [-0.2, 0) is 0 Å². The normalized spacial score (nSPS) is 11.9. The van der Waals surface area contributed by atoms with Crippen molar-refractivity contribution in [3.8, 4) is 56.4 Å². The van der Waals surface area contributed by atoms with Gasteiger partial charge in [0.1, 0.15) is 0 Å². The SMILES string of the molecule is c1ccc(-c2ccc(-c3nc(-c4ccc5cc(-c6ccc7ccc8cccc9ccc6c7c89)ccc5c4)nc(-c4cccc5c4sc4ccccc45)n3)c3ccccc23)cc1. The van der Waals surface area contributed by atoms with E-state index in [0.717, 1.165) is 32.8 Å². The van der Waals surface area contributed by atoms with E-state index in [2.05, 4.69) is 200 Å². The Labute approximate surface area is 355 Å². The number of hydrogen-bond donors (Lipinski definition) is 0. The summed E-state index contributed by atoms with van der Waals surface area (Å²) < 4.78 is 2.42. The fourth-order valence-corrected chi connectivity index (χ4v) is 10.8. The molecule has 282 valence electrons. The van der Waals surface area contributed by atoms with Gasteiger partial charge in [0.05, 0.1) is 0 Å². The third-order valence-electron chi connectivity index (χ3n) is 12.5. The van der Waals surface area contributed by atoms with E-state index in [0.29, 0.717) is 17.5 Å². The van der Waals surface area contributed by atoms with Crippen LogP contribution in [0.1, 0.15) is 0 Å². The molecule has 2 heterocycles. The van der Waals surface area contributed by atoms with E-state index < -0.39 is 0 Å². The van der Waals surface area contributed by atoms with E-state index in [1.165, 1.54) is 80.1 Å². The Balaban J connectivity index is 0.982. The van der Waals surface area contributed by atoms with E-state index in [1.807, 2.05) is 0 Å². The molecule has 0 aliphatic heterocycles. The summed E-state index contributed by atoms with van der Waals surface area (Å²) in [5.74, 6) is 1.96. The first-order valence-corrected chi connectivity index (χ1v) is 21.5. The first-order chi connectivity index (χ1) is 30.2.